The lowest BCUT2D eigenvalue weighted by molar-refractivity contribution is -0.133. The molecule has 1 aromatic carbocycles. The van der Waals surface area contributed by atoms with Crippen molar-refractivity contribution in [3.8, 4) is 5.75 Å². The van der Waals surface area contributed by atoms with E-state index in [4.69, 9.17) is 4.74 Å². The summed E-state index contributed by atoms with van der Waals surface area (Å²) in [6.07, 6.45) is 8.62. The number of rotatable bonds is 3. The average Bonchev–Trinajstić information content (AvgIpc) is 2.84. The lowest BCUT2D eigenvalue weighted by Crippen LogP contribution is -2.50. The zero-order valence-corrected chi connectivity index (χ0v) is 15.5. The van der Waals surface area contributed by atoms with Crippen molar-refractivity contribution in [2.45, 2.75) is 77.2 Å². The predicted octanol–water partition coefficient (Wildman–Crippen LogP) is 5.43. The van der Waals surface area contributed by atoms with Crippen LogP contribution in [0.5, 0.6) is 5.75 Å². The fourth-order valence-electron chi connectivity index (χ4n) is 6.36. The van der Waals surface area contributed by atoms with Crippen molar-refractivity contribution < 1.29 is 9.84 Å². The van der Waals surface area contributed by atoms with E-state index in [0.717, 1.165) is 31.3 Å². The topological polar surface area (TPSA) is 29.5 Å². The maximum absolute atomic E-state index is 9.81. The molecule has 0 bridgehead atoms. The third-order valence-electron chi connectivity index (χ3n) is 7.87. The van der Waals surface area contributed by atoms with Crippen LogP contribution >= 0.6 is 0 Å². The normalized spacial score (nSPS) is 40.7. The Kier molecular flexibility index (Phi) is 3.95. The van der Waals surface area contributed by atoms with Crippen molar-refractivity contribution >= 4 is 0 Å². The molecule has 132 valence electrons. The molecule has 0 aromatic heterocycles. The van der Waals surface area contributed by atoms with Crippen molar-refractivity contribution in [3.05, 3.63) is 29.3 Å². The molecule has 4 rings (SSSR count). The molecule has 0 saturated heterocycles. The third kappa shape index (κ3) is 2.25. The quantitative estimate of drug-likeness (QED) is 0.801. The summed E-state index contributed by atoms with van der Waals surface area (Å²) in [6, 6.07) is 6.09. The summed E-state index contributed by atoms with van der Waals surface area (Å²) in [7, 11) is 0. The van der Waals surface area contributed by atoms with Gasteiger partial charge in [-0.15, -0.1) is 0 Å². The second kappa shape index (κ2) is 5.76. The lowest BCUT2D eigenvalue weighted by Gasteiger charge is -2.53. The summed E-state index contributed by atoms with van der Waals surface area (Å²) in [5, 5.41) is 9.81. The number of benzene rings is 1. The molecular weight excluding hydrogens is 296 g/mol. The number of phenolic OH excluding ortho intramolecular Hbond substituents is 1. The molecule has 0 radical (unpaired) electrons. The average molecular weight is 328 g/mol. The van der Waals surface area contributed by atoms with Gasteiger partial charge in [-0.1, -0.05) is 19.9 Å². The van der Waals surface area contributed by atoms with E-state index < -0.39 is 0 Å². The highest BCUT2D eigenvalue weighted by molar-refractivity contribution is 5.40. The van der Waals surface area contributed by atoms with E-state index in [1.165, 1.54) is 43.2 Å². The number of aryl methyl sites for hydroxylation is 1. The van der Waals surface area contributed by atoms with E-state index in [2.05, 4.69) is 26.8 Å². The highest BCUT2D eigenvalue weighted by Crippen LogP contribution is 2.65. The van der Waals surface area contributed by atoms with Crippen molar-refractivity contribution in [3.63, 3.8) is 0 Å². The Bertz CT molecular complexity index is 624. The maximum atomic E-state index is 9.81. The molecule has 1 N–H and O–H groups in total. The van der Waals surface area contributed by atoms with Gasteiger partial charge in [-0.25, -0.2) is 0 Å². The van der Waals surface area contributed by atoms with Crippen LogP contribution in [-0.2, 0) is 11.2 Å². The van der Waals surface area contributed by atoms with Gasteiger partial charge in [-0.3, -0.25) is 0 Å². The summed E-state index contributed by atoms with van der Waals surface area (Å²) >= 11 is 0. The molecule has 0 spiro atoms. The fourth-order valence-corrected chi connectivity index (χ4v) is 6.36. The van der Waals surface area contributed by atoms with Gasteiger partial charge in [-0.2, -0.15) is 0 Å². The Labute approximate surface area is 146 Å². The van der Waals surface area contributed by atoms with E-state index in [1.54, 1.807) is 0 Å². The molecule has 2 fully saturated rings. The molecule has 1 aromatic rings. The minimum Gasteiger partial charge on any atom is -0.508 e. The second-order valence-corrected chi connectivity index (χ2v) is 8.87. The molecule has 2 saturated carbocycles. The Morgan fingerprint density at radius 3 is 2.79 bits per heavy atom. The van der Waals surface area contributed by atoms with Gasteiger partial charge in [0.25, 0.3) is 0 Å². The minimum absolute atomic E-state index is 0.0634. The van der Waals surface area contributed by atoms with Gasteiger partial charge in [0.2, 0.25) is 0 Å². The number of fused-ring (bicyclic) bond motifs is 5. The molecule has 0 amide bonds. The molecule has 3 aliphatic rings. The molecule has 0 aliphatic heterocycles. The van der Waals surface area contributed by atoms with Gasteiger partial charge in [-0.05, 0) is 98.3 Å². The SMILES string of the molecule is CCCOC1(C)CCC2C3CCc4cc(O)ccc4C3CCC21C. The maximum Gasteiger partial charge on any atom is 0.115 e. The first-order chi connectivity index (χ1) is 11.5. The Morgan fingerprint density at radius 1 is 1.17 bits per heavy atom. The van der Waals surface area contributed by atoms with E-state index in [9.17, 15) is 5.11 Å². The van der Waals surface area contributed by atoms with Crippen molar-refractivity contribution in [2.24, 2.45) is 17.3 Å². The standard InChI is InChI=1S/C22H32O2/c1-4-13-24-22(3)12-10-20-19-7-5-15-14-16(23)6-8-17(15)18(19)9-11-21(20,22)2/h6,8,14,18-20,23H,4-5,7,9-13H2,1-3H3. The van der Waals surface area contributed by atoms with Crippen LogP contribution in [0.2, 0.25) is 0 Å². The van der Waals surface area contributed by atoms with Gasteiger partial charge < -0.3 is 9.84 Å². The van der Waals surface area contributed by atoms with Gasteiger partial charge in [0.05, 0.1) is 5.60 Å². The minimum atomic E-state index is 0.0634. The molecule has 5 unspecified atom stereocenters. The highest BCUT2D eigenvalue weighted by atomic mass is 16.5. The molecular formula is C22H32O2. The van der Waals surface area contributed by atoms with Crippen LogP contribution in [0.1, 0.15) is 76.3 Å². The van der Waals surface area contributed by atoms with Crippen LogP contribution < -0.4 is 0 Å². The Morgan fingerprint density at radius 2 is 2.00 bits per heavy atom. The first-order valence-corrected chi connectivity index (χ1v) is 9.94. The lowest BCUT2D eigenvalue weighted by atomic mass is 9.53. The molecule has 24 heavy (non-hydrogen) atoms. The summed E-state index contributed by atoms with van der Waals surface area (Å²) in [5.41, 5.74) is 3.31. The van der Waals surface area contributed by atoms with Crippen molar-refractivity contribution in [1.82, 2.24) is 0 Å². The first kappa shape index (κ1) is 16.4. The van der Waals surface area contributed by atoms with E-state index in [0.29, 0.717) is 17.1 Å². The second-order valence-electron chi connectivity index (χ2n) is 8.87. The largest absolute Gasteiger partial charge is 0.508 e. The smallest absolute Gasteiger partial charge is 0.115 e. The van der Waals surface area contributed by atoms with Gasteiger partial charge in [0, 0.05) is 6.61 Å². The molecule has 3 aliphatic carbocycles. The molecule has 5 atom stereocenters. The number of hydrogen-bond acceptors (Lipinski definition) is 2. The van der Waals surface area contributed by atoms with E-state index in [-0.39, 0.29) is 5.60 Å². The molecule has 0 heterocycles. The van der Waals surface area contributed by atoms with Crippen LogP contribution in [0.3, 0.4) is 0 Å². The van der Waals surface area contributed by atoms with Crippen LogP contribution in [0.15, 0.2) is 18.2 Å². The summed E-state index contributed by atoms with van der Waals surface area (Å²) < 4.78 is 6.44. The highest BCUT2D eigenvalue weighted by Gasteiger charge is 2.60. The third-order valence-corrected chi connectivity index (χ3v) is 7.87. The first-order valence-electron chi connectivity index (χ1n) is 9.94. The number of phenols is 1. The van der Waals surface area contributed by atoms with Crippen molar-refractivity contribution in [1.29, 1.82) is 0 Å². The number of ether oxygens (including phenoxy) is 1. The van der Waals surface area contributed by atoms with Gasteiger partial charge >= 0.3 is 0 Å². The zero-order chi connectivity index (χ0) is 16.9. The van der Waals surface area contributed by atoms with Crippen LogP contribution in [0.25, 0.3) is 0 Å². The van der Waals surface area contributed by atoms with Gasteiger partial charge in [0.15, 0.2) is 0 Å². The Balaban J connectivity index is 1.63. The van der Waals surface area contributed by atoms with Crippen LogP contribution in [-0.4, -0.2) is 17.3 Å². The summed E-state index contributed by atoms with van der Waals surface area (Å²) in [4.78, 5) is 0. The van der Waals surface area contributed by atoms with Crippen molar-refractivity contribution in [2.75, 3.05) is 6.61 Å². The molecule has 2 nitrogen and oxygen atoms in total. The van der Waals surface area contributed by atoms with E-state index >= 15 is 0 Å². The summed E-state index contributed by atoms with van der Waals surface area (Å²) in [6.45, 7) is 8.01. The zero-order valence-electron chi connectivity index (χ0n) is 15.5. The summed E-state index contributed by atoms with van der Waals surface area (Å²) in [5.74, 6) is 2.71. The van der Waals surface area contributed by atoms with Gasteiger partial charge in [0.1, 0.15) is 5.75 Å². The van der Waals surface area contributed by atoms with Crippen LogP contribution in [0.4, 0.5) is 0 Å². The molecule has 2 heteroatoms. The van der Waals surface area contributed by atoms with E-state index in [1.807, 2.05) is 12.1 Å². The predicted molar refractivity (Wildman–Crippen MR) is 97.4 cm³/mol. The number of hydrogen-bond donors (Lipinski definition) is 1. The van der Waals surface area contributed by atoms with Crippen LogP contribution in [0, 0.1) is 17.3 Å². The Hall–Kier alpha value is -1.02. The fraction of sp³-hybridized carbons (Fsp3) is 0.727. The monoisotopic (exact) mass is 328 g/mol. The number of aromatic hydroxyl groups is 1.